The third-order valence-electron chi connectivity index (χ3n) is 6.70. The van der Waals surface area contributed by atoms with Crippen LogP contribution in [0.1, 0.15) is 31.2 Å². The molecule has 1 aliphatic carbocycles. The molecule has 7 nitrogen and oxygen atoms in total. The van der Waals surface area contributed by atoms with Crippen LogP contribution in [0.5, 0.6) is 17.2 Å². The van der Waals surface area contributed by atoms with E-state index in [9.17, 15) is 8.42 Å². The van der Waals surface area contributed by atoms with E-state index in [1.165, 1.54) is 37.4 Å². The standard InChI is InChI=1S/C25H33ClN2O5S/c1-27(34(29,30)24-15-20(31-2)9-10-22(24)32-3)16-18-13-21(14-18)33-23-8-6-7-19(25(23)26)17-28-11-4-5-12-28/h6-10,15,18,21H,4-5,11-14,16-17H2,1-3H3. The first-order valence-electron chi connectivity index (χ1n) is 11.7. The summed E-state index contributed by atoms with van der Waals surface area (Å²) in [6.45, 7) is 3.48. The smallest absolute Gasteiger partial charge is 0.246 e. The van der Waals surface area contributed by atoms with E-state index in [-0.39, 0.29) is 16.9 Å². The van der Waals surface area contributed by atoms with Crippen molar-refractivity contribution in [3.05, 3.63) is 47.0 Å². The highest BCUT2D eigenvalue weighted by Gasteiger charge is 2.35. The summed E-state index contributed by atoms with van der Waals surface area (Å²) >= 11 is 6.65. The van der Waals surface area contributed by atoms with Crippen LogP contribution < -0.4 is 14.2 Å². The Morgan fingerprint density at radius 2 is 1.79 bits per heavy atom. The fourth-order valence-electron chi connectivity index (χ4n) is 4.67. The number of benzene rings is 2. The van der Waals surface area contributed by atoms with E-state index in [0.29, 0.717) is 28.8 Å². The van der Waals surface area contributed by atoms with Crippen molar-refractivity contribution in [2.75, 3.05) is 40.9 Å². The van der Waals surface area contributed by atoms with E-state index < -0.39 is 10.0 Å². The van der Waals surface area contributed by atoms with Crippen molar-refractivity contribution in [2.24, 2.45) is 5.92 Å². The molecule has 186 valence electrons. The van der Waals surface area contributed by atoms with Gasteiger partial charge >= 0.3 is 0 Å². The van der Waals surface area contributed by atoms with E-state index in [1.807, 2.05) is 12.1 Å². The van der Waals surface area contributed by atoms with Crippen LogP contribution >= 0.6 is 11.6 Å². The number of ether oxygens (including phenoxy) is 3. The van der Waals surface area contributed by atoms with Gasteiger partial charge in [0.1, 0.15) is 22.1 Å². The predicted molar refractivity (Wildman–Crippen MR) is 132 cm³/mol. The SMILES string of the molecule is COc1ccc(OC)c(S(=O)(=O)N(C)CC2CC(Oc3cccc(CN4CCCC4)c3Cl)C2)c1. The minimum atomic E-state index is -3.72. The molecule has 0 unspecified atom stereocenters. The van der Waals surface area contributed by atoms with Crippen LogP contribution in [0.4, 0.5) is 0 Å². The van der Waals surface area contributed by atoms with Crippen LogP contribution in [-0.4, -0.2) is 64.6 Å². The molecule has 1 saturated heterocycles. The largest absolute Gasteiger partial charge is 0.497 e. The van der Waals surface area contributed by atoms with Gasteiger partial charge in [-0.05, 0) is 68.5 Å². The minimum absolute atomic E-state index is 0.0343. The summed E-state index contributed by atoms with van der Waals surface area (Å²) in [6, 6.07) is 10.7. The molecular weight excluding hydrogens is 476 g/mol. The number of rotatable bonds is 10. The maximum absolute atomic E-state index is 13.2. The number of sulfonamides is 1. The molecule has 0 aromatic heterocycles. The van der Waals surface area contributed by atoms with Gasteiger partial charge in [-0.25, -0.2) is 12.7 Å². The monoisotopic (exact) mass is 508 g/mol. The topological polar surface area (TPSA) is 68.3 Å². The molecule has 0 spiro atoms. The average Bonchev–Trinajstić information content (AvgIpc) is 3.32. The Morgan fingerprint density at radius 3 is 2.47 bits per heavy atom. The first kappa shape index (κ1) is 25.1. The van der Waals surface area contributed by atoms with Gasteiger partial charge in [-0.15, -0.1) is 0 Å². The van der Waals surface area contributed by atoms with Crippen molar-refractivity contribution in [1.29, 1.82) is 0 Å². The molecule has 0 N–H and O–H groups in total. The number of hydrogen-bond acceptors (Lipinski definition) is 6. The van der Waals surface area contributed by atoms with Gasteiger partial charge in [0.05, 0.1) is 25.3 Å². The van der Waals surface area contributed by atoms with Crippen LogP contribution in [0.2, 0.25) is 5.02 Å². The fourth-order valence-corrected chi connectivity index (χ4v) is 6.31. The Morgan fingerprint density at radius 1 is 1.06 bits per heavy atom. The van der Waals surface area contributed by atoms with Gasteiger partial charge in [0.25, 0.3) is 0 Å². The van der Waals surface area contributed by atoms with Gasteiger partial charge in [-0.1, -0.05) is 23.7 Å². The molecule has 1 aliphatic heterocycles. The number of nitrogens with zero attached hydrogens (tertiary/aromatic N) is 2. The van der Waals surface area contributed by atoms with E-state index in [1.54, 1.807) is 19.2 Å². The van der Waals surface area contributed by atoms with Gasteiger partial charge in [-0.2, -0.15) is 0 Å². The second-order valence-electron chi connectivity index (χ2n) is 9.09. The van der Waals surface area contributed by atoms with Gasteiger partial charge in [0.15, 0.2) is 0 Å². The number of methoxy groups -OCH3 is 2. The Balaban J connectivity index is 1.34. The predicted octanol–water partition coefficient (Wildman–Crippen LogP) is 4.43. The first-order chi connectivity index (χ1) is 16.3. The van der Waals surface area contributed by atoms with Crippen molar-refractivity contribution >= 4 is 21.6 Å². The lowest BCUT2D eigenvalue weighted by molar-refractivity contribution is 0.0575. The molecule has 0 atom stereocenters. The molecule has 2 fully saturated rings. The summed E-state index contributed by atoms with van der Waals surface area (Å²) in [5, 5.41) is 0.683. The molecule has 34 heavy (non-hydrogen) atoms. The maximum Gasteiger partial charge on any atom is 0.246 e. The lowest BCUT2D eigenvalue weighted by Gasteiger charge is -2.37. The maximum atomic E-state index is 13.2. The van der Waals surface area contributed by atoms with Crippen molar-refractivity contribution in [2.45, 2.75) is 43.2 Å². The van der Waals surface area contributed by atoms with E-state index >= 15 is 0 Å². The second kappa shape index (κ2) is 10.7. The zero-order chi connectivity index (χ0) is 24.3. The van der Waals surface area contributed by atoms with E-state index in [4.69, 9.17) is 25.8 Å². The van der Waals surface area contributed by atoms with Crippen molar-refractivity contribution < 1.29 is 22.6 Å². The second-order valence-corrected chi connectivity index (χ2v) is 11.5. The number of halogens is 1. The zero-order valence-electron chi connectivity index (χ0n) is 20.0. The molecule has 0 radical (unpaired) electrons. The lowest BCUT2D eigenvalue weighted by atomic mass is 9.82. The Bertz CT molecular complexity index is 1100. The van der Waals surface area contributed by atoms with Crippen LogP contribution in [0.25, 0.3) is 0 Å². The number of likely N-dealkylation sites (tertiary alicyclic amines) is 1. The summed E-state index contributed by atoms with van der Waals surface area (Å²) in [6.07, 6.45) is 4.08. The van der Waals surface area contributed by atoms with E-state index in [2.05, 4.69) is 11.0 Å². The number of hydrogen-bond donors (Lipinski definition) is 0. The molecule has 1 heterocycles. The highest BCUT2D eigenvalue weighted by molar-refractivity contribution is 7.89. The molecule has 2 aromatic carbocycles. The molecule has 4 rings (SSSR count). The summed E-state index contributed by atoms with van der Waals surface area (Å²) in [5.74, 6) is 1.69. The van der Waals surface area contributed by atoms with Gasteiger partial charge < -0.3 is 14.2 Å². The van der Waals surface area contributed by atoms with Crippen molar-refractivity contribution in [3.63, 3.8) is 0 Å². The summed E-state index contributed by atoms with van der Waals surface area (Å²) in [4.78, 5) is 2.52. The summed E-state index contributed by atoms with van der Waals surface area (Å²) in [5.41, 5.74) is 1.09. The molecule has 1 saturated carbocycles. The van der Waals surface area contributed by atoms with Gasteiger partial charge in [0, 0.05) is 26.2 Å². The normalized spacial score (nSPS) is 20.9. The van der Waals surface area contributed by atoms with Crippen LogP contribution in [0.3, 0.4) is 0 Å². The Labute approximate surface area is 207 Å². The molecule has 0 bridgehead atoms. The van der Waals surface area contributed by atoms with Crippen LogP contribution in [0, 0.1) is 5.92 Å². The molecular formula is C25H33ClN2O5S. The van der Waals surface area contributed by atoms with Gasteiger partial charge in [-0.3, -0.25) is 4.90 Å². The minimum Gasteiger partial charge on any atom is -0.497 e. The molecule has 2 aromatic rings. The third kappa shape index (κ3) is 5.46. The van der Waals surface area contributed by atoms with E-state index in [0.717, 1.165) is 38.0 Å². The van der Waals surface area contributed by atoms with Crippen LogP contribution in [-0.2, 0) is 16.6 Å². The average molecular weight is 509 g/mol. The molecule has 0 amide bonds. The quantitative estimate of drug-likeness (QED) is 0.473. The Kier molecular flexibility index (Phi) is 7.92. The van der Waals surface area contributed by atoms with Crippen molar-refractivity contribution in [1.82, 2.24) is 9.21 Å². The third-order valence-corrected chi connectivity index (χ3v) is 8.97. The lowest BCUT2D eigenvalue weighted by Crippen LogP contribution is -2.42. The van der Waals surface area contributed by atoms with Crippen molar-refractivity contribution in [3.8, 4) is 17.2 Å². The highest BCUT2D eigenvalue weighted by Crippen LogP contribution is 2.37. The first-order valence-corrected chi connectivity index (χ1v) is 13.5. The van der Waals surface area contributed by atoms with Crippen LogP contribution in [0.15, 0.2) is 41.3 Å². The highest BCUT2D eigenvalue weighted by atomic mass is 35.5. The summed E-state index contributed by atoms with van der Waals surface area (Å²) in [7, 11) is 0.837. The zero-order valence-corrected chi connectivity index (χ0v) is 21.6. The molecule has 9 heteroatoms. The van der Waals surface area contributed by atoms with Gasteiger partial charge in [0.2, 0.25) is 10.0 Å². The summed E-state index contributed by atoms with van der Waals surface area (Å²) < 4.78 is 44.4. The molecule has 2 aliphatic rings. The Hall–Kier alpha value is -2.00. The fraction of sp³-hybridized carbons (Fsp3) is 0.520.